The van der Waals surface area contributed by atoms with Gasteiger partial charge in [0.1, 0.15) is 5.75 Å². The summed E-state index contributed by atoms with van der Waals surface area (Å²) in [5.41, 5.74) is 3.71. The van der Waals surface area contributed by atoms with Crippen molar-refractivity contribution >= 4 is 6.08 Å². The largest absolute Gasteiger partial charge is 0.496 e. The first kappa shape index (κ1) is 12.8. The van der Waals surface area contributed by atoms with Gasteiger partial charge in [0.05, 0.1) is 7.11 Å². The van der Waals surface area contributed by atoms with E-state index in [0.717, 1.165) is 5.75 Å². The van der Waals surface area contributed by atoms with E-state index < -0.39 is 0 Å². The first-order chi connectivity index (χ1) is 7.58. The van der Waals surface area contributed by atoms with E-state index in [2.05, 4.69) is 44.3 Å². The highest BCUT2D eigenvalue weighted by Gasteiger charge is 2.02. The van der Waals surface area contributed by atoms with Crippen molar-refractivity contribution in [1.82, 2.24) is 5.32 Å². The molecule has 0 spiro atoms. The number of nitrogens with one attached hydrogen (secondary N) is 1. The van der Waals surface area contributed by atoms with Crippen LogP contribution >= 0.6 is 0 Å². The fraction of sp³-hybridized carbons (Fsp3) is 0.429. The molecule has 88 valence electrons. The van der Waals surface area contributed by atoms with Gasteiger partial charge in [0.15, 0.2) is 0 Å². The summed E-state index contributed by atoms with van der Waals surface area (Å²) in [6, 6.07) is 6.64. The molecule has 1 atom stereocenters. The Balaban J connectivity index is 2.94. The van der Waals surface area contributed by atoms with Crippen LogP contribution in [-0.4, -0.2) is 20.2 Å². The molecule has 0 saturated heterocycles. The zero-order chi connectivity index (χ0) is 12.1. The molecule has 0 heterocycles. The maximum atomic E-state index is 5.24. The van der Waals surface area contributed by atoms with Gasteiger partial charge in [-0.1, -0.05) is 17.7 Å². The zero-order valence-corrected chi connectivity index (χ0v) is 10.8. The standard InChI is InChI=1S/C14H21NO/c1-10(12(3)15-4)8-13-6-7-14(16-5)11(2)9-13/h6-9,12,15H,1-5H3/b10-8+. The van der Waals surface area contributed by atoms with Crippen LogP contribution in [0, 0.1) is 6.92 Å². The van der Waals surface area contributed by atoms with Gasteiger partial charge in [-0.15, -0.1) is 0 Å². The van der Waals surface area contributed by atoms with E-state index in [4.69, 9.17) is 4.74 Å². The second kappa shape index (κ2) is 5.71. The van der Waals surface area contributed by atoms with E-state index in [0.29, 0.717) is 6.04 Å². The molecular weight excluding hydrogens is 198 g/mol. The van der Waals surface area contributed by atoms with Crippen molar-refractivity contribution in [2.24, 2.45) is 0 Å². The molecule has 0 saturated carbocycles. The van der Waals surface area contributed by atoms with Crippen LogP contribution in [-0.2, 0) is 0 Å². The first-order valence-electron chi connectivity index (χ1n) is 5.58. The van der Waals surface area contributed by atoms with Gasteiger partial charge in [0.2, 0.25) is 0 Å². The van der Waals surface area contributed by atoms with Gasteiger partial charge >= 0.3 is 0 Å². The Labute approximate surface area is 98.3 Å². The van der Waals surface area contributed by atoms with Crippen molar-refractivity contribution in [3.63, 3.8) is 0 Å². The lowest BCUT2D eigenvalue weighted by molar-refractivity contribution is 0.411. The summed E-state index contributed by atoms with van der Waals surface area (Å²) in [4.78, 5) is 0. The van der Waals surface area contributed by atoms with Crippen molar-refractivity contribution in [3.05, 3.63) is 34.9 Å². The average Bonchev–Trinajstić information content (AvgIpc) is 2.28. The number of methoxy groups -OCH3 is 1. The van der Waals surface area contributed by atoms with Crippen molar-refractivity contribution in [2.75, 3.05) is 14.2 Å². The third-order valence-electron chi connectivity index (χ3n) is 2.93. The number of hydrogen-bond donors (Lipinski definition) is 1. The summed E-state index contributed by atoms with van der Waals surface area (Å²) >= 11 is 0. The highest BCUT2D eigenvalue weighted by atomic mass is 16.5. The van der Waals surface area contributed by atoms with E-state index in [9.17, 15) is 0 Å². The van der Waals surface area contributed by atoms with Gasteiger partial charge in [-0.2, -0.15) is 0 Å². The molecule has 0 radical (unpaired) electrons. The minimum atomic E-state index is 0.405. The first-order valence-corrected chi connectivity index (χ1v) is 5.58. The fourth-order valence-corrected chi connectivity index (χ4v) is 1.61. The van der Waals surface area contributed by atoms with Gasteiger partial charge in [-0.25, -0.2) is 0 Å². The Morgan fingerprint density at radius 3 is 2.62 bits per heavy atom. The van der Waals surface area contributed by atoms with Crippen LogP contribution in [0.3, 0.4) is 0 Å². The third kappa shape index (κ3) is 3.11. The molecule has 0 aliphatic heterocycles. The highest BCUT2D eigenvalue weighted by molar-refractivity contribution is 5.56. The maximum absolute atomic E-state index is 5.24. The fourth-order valence-electron chi connectivity index (χ4n) is 1.61. The predicted molar refractivity (Wildman–Crippen MR) is 69.9 cm³/mol. The minimum absolute atomic E-state index is 0.405. The van der Waals surface area contributed by atoms with Gasteiger partial charge in [0.25, 0.3) is 0 Å². The molecule has 0 aromatic heterocycles. The third-order valence-corrected chi connectivity index (χ3v) is 2.93. The number of likely N-dealkylation sites (N-methyl/N-ethyl adjacent to an activating group) is 1. The van der Waals surface area contributed by atoms with Crippen LogP contribution < -0.4 is 10.1 Å². The number of benzene rings is 1. The molecule has 0 amide bonds. The molecule has 0 aliphatic carbocycles. The van der Waals surface area contributed by atoms with Crippen LogP contribution in [0.15, 0.2) is 23.8 Å². The van der Waals surface area contributed by atoms with Crippen LogP contribution in [0.1, 0.15) is 25.0 Å². The monoisotopic (exact) mass is 219 g/mol. The molecule has 1 aromatic carbocycles. The van der Waals surface area contributed by atoms with Gasteiger partial charge in [0, 0.05) is 6.04 Å². The summed E-state index contributed by atoms with van der Waals surface area (Å²) in [7, 11) is 3.67. The molecule has 16 heavy (non-hydrogen) atoms. The minimum Gasteiger partial charge on any atom is -0.496 e. The lowest BCUT2D eigenvalue weighted by Gasteiger charge is -2.11. The molecule has 1 unspecified atom stereocenters. The summed E-state index contributed by atoms with van der Waals surface area (Å²) in [5, 5.41) is 3.23. The number of hydrogen-bond acceptors (Lipinski definition) is 2. The topological polar surface area (TPSA) is 21.3 Å². The molecule has 0 fully saturated rings. The summed E-state index contributed by atoms with van der Waals surface area (Å²) in [6.07, 6.45) is 2.20. The Bertz CT molecular complexity index is 382. The Morgan fingerprint density at radius 2 is 2.12 bits per heavy atom. The molecule has 0 aliphatic rings. The van der Waals surface area contributed by atoms with E-state index in [1.54, 1.807) is 7.11 Å². The second-order valence-corrected chi connectivity index (χ2v) is 4.13. The van der Waals surface area contributed by atoms with Crippen LogP contribution in [0.2, 0.25) is 0 Å². The van der Waals surface area contributed by atoms with Crippen molar-refractivity contribution in [1.29, 1.82) is 0 Å². The lowest BCUT2D eigenvalue weighted by Crippen LogP contribution is -2.21. The smallest absolute Gasteiger partial charge is 0.121 e. The Hall–Kier alpha value is -1.28. The number of aryl methyl sites for hydroxylation is 1. The SMILES string of the molecule is CNC(C)/C(C)=C/c1ccc(OC)c(C)c1. The van der Waals surface area contributed by atoms with Crippen LogP contribution in [0.4, 0.5) is 0 Å². The Kier molecular flexibility index (Phi) is 4.56. The second-order valence-electron chi connectivity index (χ2n) is 4.13. The van der Waals surface area contributed by atoms with Crippen LogP contribution in [0.25, 0.3) is 6.08 Å². The Morgan fingerprint density at radius 1 is 1.44 bits per heavy atom. The molecule has 1 rings (SSSR count). The summed E-state index contributed by atoms with van der Waals surface area (Å²) in [6.45, 7) is 6.36. The molecule has 1 aromatic rings. The zero-order valence-electron chi connectivity index (χ0n) is 10.8. The number of rotatable bonds is 4. The van der Waals surface area contributed by atoms with Gasteiger partial charge in [-0.3, -0.25) is 0 Å². The van der Waals surface area contributed by atoms with E-state index >= 15 is 0 Å². The summed E-state index contributed by atoms with van der Waals surface area (Å²) in [5.74, 6) is 0.941. The molecule has 2 heteroatoms. The van der Waals surface area contributed by atoms with E-state index in [1.165, 1.54) is 16.7 Å². The van der Waals surface area contributed by atoms with Crippen molar-refractivity contribution in [2.45, 2.75) is 26.8 Å². The quantitative estimate of drug-likeness (QED) is 0.840. The number of ether oxygens (including phenoxy) is 1. The summed E-state index contributed by atoms with van der Waals surface area (Å²) < 4.78 is 5.24. The van der Waals surface area contributed by atoms with Crippen LogP contribution in [0.5, 0.6) is 5.75 Å². The van der Waals surface area contributed by atoms with Gasteiger partial charge < -0.3 is 10.1 Å². The molecular formula is C14H21NO. The average molecular weight is 219 g/mol. The van der Waals surface area contributed by atoms with E-state index in [-0.39, 0.29) is 0 Å². The highest BCUT2D eigenvalue weighted by Crippen LogP contribution is 2.20. The van der Waals surface area contributed by atoms with Crippen molar-refractivity contribution < 1.29 is 4.74 Å². The van der Waals surface area contributed by atoms with Crippen molar-refractivity contribution in [3.8, 4) is 5.75 Å². The lowest BCUT2D eigenvalue weighted by atomic mass is 10.0. The molecule has 2 nitrogen and oxygen atoms in total. The van der Waals surface area contributed by atoms with E-state index in [1.807, 2.05) is 13.1 Å². The normalized spacial score (nSPS) is 13.7. The van der Waals surface area contributed by atoms with Gasteiger partial charge in [-0.05, 0) is 51.1 Å². The molecule has 0 bridgehead atoms. The maximum Gasteiger partial charge on any atom is 0.121 e. The molecule has 1 N–H and O–H groups in total. The predicted octanol–water partition coefficient (Wildman–Crippen LogP) is 3.01.